The van der Waals surface area contributed by atoms with Crippen LogP contribution in [0.25, 0.3) is 0 Å². The number of aromatic nitrogens is 1. The van der Waals surface area contributed by atoms with Crippen LogP contribution in [0.15, 0.2) is 24.0 Å². The van der Waals surface area contributed by atoms with Gasteiger partial charge in [0, 0.05) is 6.20 Å². The minimum absolute atomic E-state index is 0.0472. The number of hydrogen-bond donors (Lipinski definition) is 0. The van der Waals surface area contributed by atoms with Crippen LogP contribution in [-0.2, 0) is 0 Å². The number of hydrogen-bond acceptors (Lipinski definition) is 2. The zero-order valence-electron chi connectivity index (χ0n) is 9.40. The molecule has 1 aliphatic heterocycles. The Morgan fingerprint density at radius 3 is 3.00 bits per heavy atom. The molecule has 4 nitrogen and oxygen atoms in total. The van der Waals surface area contributed by atoms with Crippen LogP contribution in [0.1, 0.15) is 29.8 Å². The van der Waals surface area contributed by atoms with Crippen LogP contribution >= 0.6 is 23.2 Å². The molecular weight excluding hydrogens is 275 g/mol. The third kappa shape index (κ3) is 1.52. The molecule has 2 heterocycles. The van der Waals surface area contributed by atoms with Gasteiger partial charge in [0.25, 0.3) is 0 Å². The molecule has 0 amide bonds. The van der Waals surface area contributed by atoms with E-state index in [1.807, 2.05) is 0 Å². The molecule has 94 valence electrons. The maximum atomic E-state index is 12.4. The van der Waals surface area contributed by atoms with Gasteiger partial charge in [0.2, 0.25) is 11.6 Å². The monoisotopic (exact) mass is 284 g/mol. The highest BCUT2D eigenvalue weighted by molar-refractivity contribution is 6.69. The zero-order chi connectivity index (χ0) is 12.9. The number of fused-ring (bicyclic) bond motifs is 2. The van der Waals surface area contributed by atoms with E-state index < -0.39 is 5.92 Å². The van der Waals surface area contributed by atoms with E-state index in [1.54, 1.807) is 18.3 Å². The summed E-state index contributed by atoms with van der Waals surface area (Å²) in [4.78, 5) is 12.4. The molecule has 0 spiro atoms. The lowest BCUT2D eigenvalue weighted by Gasteiger charge is -2.18. The summed E-state index contributed by atoms with van der Waals surface area (Å²) in [6.07, 6.45) is 5.72. The molecule has 0 fully saturated rings. The molecule has 0 bridgehead atoms. The molecule has 0 saturated carbocycles. The summed E-state index contributed by atoms with van der Waals surface area (Å²) in [5.74, 6) is -0.561. The predicted octanol–water partition coefficient (Wildman–Crippen LogP) is 2.98. The molecule has 0 radical (unpaired) electrons. The molecule has 2 aliphatic rings. The van der Waals surface area contributed by atoms with Crippen LogP contribution < -0.4 is 0 Å². The van der Waals surface area contributed by atoms with Crippen molar-refractivity contribution < 1.29 is 9.53 Å². The number of rotatable bonds is 0. The second-order valence-corrected chi connectivity index (χ2v) is 5.18. The lowest BCUT2D eigenvalue weighted by Crippen LogP contribution is -2.26. The molecule has 1 aliphatic carbocycles. The van der Waals surface area contributed by atoms with Crippen molar-refractivity contribution in [2.24, 2.45) is 5.92 Å². The summed E-state index contributed by atoms with van der Waals surface area (Å²) < 4.78 is 2.01. The van der Waals surface area contributed by atoms with E-state index in [2.05, 4.69) is 0 Å². The van der Waals surface area contributed by atoms with Gasteiger partial charge in [-0.2, -0.15) is 4.74 Å². The Labute approximate surface area is 114 Å². The average molecular weight is 285 g/mol. The Bertz CT molecular complexity index is 601. The SMILES string of the molecule is O=C1C2CCCC=C2[N+]([O-])=C(Cl)c2c(Cl)ccn21. The van der Waals surface area contributed by atoms with Crippen LogP contribution in [0.3, 0.4) is 0 Å². The van der Waals surface area contributed by atoms with Crippen molar-refractivity contribution in [3.8, 4) is 0 Å². The average Bonchev–Trinajstić information content (AvgIpc) is 2.74. The highest BCUT2D eigenvalue weighted by atomic mass is 35.5. The topological polar surface area (TPSA) is 48.1 Å². The van der Waals surface area contributed by atoms with E-state index in [1.165, 1.54) is 4.57 Å². The predicted molar refractivity (Wildman–Crippen MR) is 69.1 cm³/mol. The molecule has 3 rings (SSSR count). The van der Waals surface area contributed by atoms with Crippen LogP contribution in [0.2, 0.25) is 5.02 Å². The molecule has 1 aromatic rings. The molecule has 0 aromatic carbocycles. The molecule has 0 N–H and O–H groups in total. The van der Waals surface area contributed by atoms with Gasteiger partial charge in [-0.1, -0.05) is 11.6 Å². The lowest BCUT2D eigenvalue weighted by atomic mass is 9.91. The molecular formula is C12H10Cl2N2O2. The Morgan fingerprint density at radius 1 is 1.44 bits per heavy atom. The van der Waals surface area contributed by atoms with Crippen molar-refractivity contribution in [3.63, 3.8) is 0 Å². The van der Waals surface area contributed by atoms with E-state index in [0.29, 0.717) is 21.9 Å². The number of nitrogens with zero attached hydrogens (tertiary/aromatic N) is 2. The van der Waals surface area contributed by atoms with Crippen LogP contribution in [0.4, 0.5) is 0 Å². The normalized spacial score (nSPS) is 23.3. The van der Waals surface area contributed by atoms with Crippen molar-refractivity contribution >= 4 is 34.3 Å². The zero-order valence-corrected chi connectivity index (χ0v) is 10.9. The van der Waals surface area contributed by atoms with Crippen LogP contribution in [0, 0.1) is 11.1 Å². The lowest BCUT2D eigenvalue weighted by molar-refractivity contribution is -0.406. The van der Waals surface area contributed by atoms with Crippen molar-refractivity contribution in [3.05, 3.63) is 40.0 Å². The van der Waals surface area contributed by atoms with Gasteiger partial charge in [0.1, 0.15) is 5.92 Å². The number of halogens is 2. The Balaban J connectivity index is 2.29. The summed E-state index contributed by atoms with van der Waals surface area (Å²) in [6, 6.07) is 1.57. The largest absolute Gasteiger partial charge is 0.617 e. The van der Waals surface area contributed by atoms with Crippen molar-refractivity contribution in [1.29, 1.82) is 0 Å². The number of allylic oxidation sites excluding steroid dienone is 2. The second kappa shape index (κ2) is 4.14. The fraction of sp³-hybridized carbons (Fsp3) is 0.333. The van der Waals surface area contributed by atoms with E-state index in [9.17, 15) is 10.0 Å². The maximum Gasteiger partial charge on any atom is 0.312 e. The van der Waals surface area contributed by atoms with E-state index in [0.717, 1.165) is 12.8 Å². The van der Waals surface area contributed by atoms with E-state index >= 15 is 0 Å². The van der Waals surface area contributed by atoms with Gasteiger partial charge >= 0.3 is 5.17 Å². The molecule has 1 atom stereocenters. The highest BCUT2D eigenvalue weighted by Crippen LogP contribution is 2.32. The first-order valence-corrected chi connectivity index (χ1v) is 6.48. The van der Waals surface area contributed by atoms with Crippen LogP contribution in [-0.4, -0.2) is 20.4 Å². The molecule has 1 unspecified atom stereocenters. The third-order valence-corrected chi connectivity index (χ3v) is 4.03. The molecule has 0 saturated heterocycles. The Kier molecular flexibility index (Phi) is 2.72. The first-order valence-electron chi connectivity index (χ1n) is 5.72. The summed E-state index contributed by atoms with van der Waals surface area (Å²) in [7, 11) is 0. The first-order chi connectivity index (χ1) is 8.61. The maximum absolute atomic E-state index is 12.4. The summed E-state index contributed by atoms with van der Waals surface area (Å²) in [5.41, 5.74) is 0.727. The quantitative estimate of drug-likeness (QED) is 0.543. The van der Waals surface area contributed by atoms with Crippen molar-refractivity contribution in [2.75, 3.05) is 0 Å². The van der Waals surface area contributed by atoms with Gasteiger partial charge in [0.05, 0.1) is 5.02 Å². The second-order valence-electron chi connectivity index (χ2n) is 4.42. The van der Waals surface area contributed by atoms with Crippen molar-refractivity contribution in [2.45, 2.75) is 19.3 Å². The minimum atomic E-state index is -0.422. The smallest absolute Gasteiger partial charge is 0.312 e. The number of hydroxylamine groups is 1. The van der Waals surface area contributed by atoms with Gasteiger partial charge in [-0.15, -0.1) is 0 Å². The fourth-order valence-electron chi connectivity index (χ4n) is 2.50. The third-order valence-electron chi connectivity index (χ3n) is 3.39. The Hall–Kier alpha value is -1.26. The standard InChI is InChI=1S/C12H10Cl2N2O2/c13-8-5-6-15-10(8)11(14)16(18)9-4-2-1-3-7(9)12(15)17/h4-7H,1-3H2. The molecule has 1 aromatic heterocycles. The van der Waals surface area contributed by atoms with Gasteiger partial charge in [-0.05, 0) is 43.0 Å². The summed E-state index contributed by atoms with van der Waals surface area (Å²) in [6.45, 7) is 0. The van der Waals surface area contributed by atoms with Gasteiger partial charge in [-0.3, -0.25) is 9.36 Å². The highest BCUT2D eigenvalue weighted by Gasteiger charge is 2.39. The van der Waals surface area contributed by atoms with Gasteiger partial charge in [-0.25, -0.2) is 0 Å². The fourth-order valence-corrected chi connectivity index (χ4v) is 3.08. The van der Waals surface area contributed by atoms with E-state index in [4.69, 9.17) is 23.2 Å². The number of carbonyl (C=O) groups is 1. The van der Waals surface area contributed by atoms with Gasteiger partial charge < -0.3 is 5.21 Å². The molecule has 18 heavy (non-hydrogen) atoms. The Morgan fingerprint density at radius 2 is 2.22 bits per heavy atom. The van der Waals surface area contributed by atoms with Gasteiger partial charge in [0.15, 0.2) is 5.69 Å². The van der Waals surface area contributed by atoms with Crippen LogP contribution in [0.5, 0.6) is 0 Å². The summed E-state index contributed by atoms with van der Waals surface area (Å²) in [5, 5.41) is 12.5. The number of carbonyl (C=O) groups excluding carboxylic acids is 1. The summed E-state index contributed by atoms with van der Waals surface area (Å²) >= 11 is 12.1. The van der Waals surface area contributed by atoms with Crippen molar-refractivity contribution in [1.82, 2.24) is 4.57 Å². The first kappa shape index (κ1) is 11.8. The van der Waals surface area contributed by atoms with E-state index in [-0.39, 0.29) is 16.8 Å². The minimum Gasteiger partial charge on any atom is -0.617 e. The molecule has 6 heteroatoms.